The highest BCUT2D eigenvalue weighted by Crippen LogP contribution is 2.37. The molecule has 70 heavy (non-hydrogen) atoms. The lowest BCUT2D eigenvalue weighted by Gasteiger charge is -2.27. The van der Waals surface area contributed by atoms with Crippen molar-refractivity contribution < 1.29 is 66.3 Å². The van der Waals surface area contributed by atoms with Gasteiger partial charge in [0, 0.05) is 60.3 Å². The predicted octanol–water partition coefficient (Wildman–Crippen LogP) is 4.57. The van der Waals surface area contributed by atoms with E-state index in [4.69, 9.17) is 37.9 Å². The number of hydrogen-bond acceptors (Lipinski definition) is 15. The number of likely N-dealkylation sites (N-methyl/N-ethyl adjacent to an activating group) is 1. The molecular formula is C51H64FN5O13. The Balaban J connectivity index is 0.601. The minimum atomic E-state index is -1.02. The Kier molecular flexibility index (Phi) is 20.3. The van der Waals surface area contributed by atoms with Crippen molar-refractivity contribution >= 4 is 46.0 Å². The molecule has 1 fully saturated rings. The summed E-state index contributed by atoms with van der Waals surface area (Å²) in [6.45, 7) is 9.03. The maximum absolute atomic E-state index is 14.3. The Labute approximate surface area is 406 Å². The molecule has 0 radical (unpaired) electrons. The summed E-state index contributed by atoms with van der Waals surface area (Å²) in [6, 6.07) is 15.1. The number of carbonyl (C=O) groups excluding carboxylic acids is 5. The van der Waals surface area contributed by atoms with Crippen LogP contribution in [0.2, 0.25) is 0 Å². The highest BCUT2D eigenvalue weighted by molar-refractivity contribution is 6.25. The number of imide groups is 2. The van der Waals surface area contributed by atoms with Gasteiger partial charge in [-0.3, -0.25) is 39.1 Å². The number of anilines is 1. The van der Waals surface area contributed by atoms with Crippen LogP contribution in [0.1, 0.15) is 67.9 Å². The monoisotopic (exact) mass is 973 g/mol. The van der Waals surface area contributed by atoms with E-state index in [0.717, 1.165) is 53.0 Å². The Morgan fingerprint density at radius 2 is 1.26 bits per heavy atom. The Morgan fingerprint density at radius 3 is 1.86 bits per heavy atom. The number of aromatic nitrogens is 1. The summed E-state index contributed by atoms with van der Waals surface area (Å²) in [6.07, 6.45) is 2.12. The van der Waals surface area contributed by atoms with Crippen molar-refractivity contribution in [3.05, 3.63) is 88.2 Å². The minimum absolute atomic E-state index is 0.00230. The number of carbonyl (C=O) groups is 5. The van der Waals surface area contributed by atoms with Gasteiger partial charge in [0.15, 0.2) is 5.78 Å². The number of nitrogens with one attached hydrogen (secondary N) is 3. The number of fused-ring (bicyclic) bond motifs is 1. The first-order chi connectivity index (χ1) is 34.2. The number of hydrogen-bond donors (Lipinski definition) is 3. The molecule has 19 heteroatoms. The SMILES string of the molecule is CN(CCOCCOCCOCCOCCOCCOCCOCCOCCNc1cccc2c1C(=O)N(C1CCC(=O)NC1=O)C2=O)Cc1ccc(-c2[nH]c3cc(F)cc4c3c2CCCC4=O)cc1. The summed E-state index contributed by atoms with van der Waals surface area (Å²) in [4.78, 5) is 69.2. The number of ketones is 1. The zero-order chi connectivity index (χ0) is 49.1. The fourth-order valence-electron chi connectivity index (χ4n) is 8.59. The van der Waals surface area contributed by atoms with Crippen molar-refractivity contribution in [2.75, 3.05) is 131 Å². The highest BCUT2D eigenvalue weighted by Gasteiger charge is 2.45. The van der Waals surface area contributed by atoms with Crippen LogP contribution in [0.4, 0.5) is 10.1 Å². The van der Waals surface area contributed by atoms with Gasteiger partial charge in [0.05, 0.1) is 117 Å². The lowest BCUT2D eigenvalue weighted by atomic mass is 9.99. The molecular weight excluding hydrogens is 910 g/mol. The number of aryl methyl sites for hydroxylation is 1. The topological polar surface area (TPSA) is 206 Å². The molecule has 1 unspecified atom stereocenters. The third-order valence-electron chi connectivity index (χ3n) is 12.0. The Bertz CT molecular complexity index is 2390. The van der Waals surface area contributed by atoms with Gasteiger partial charge in [0.2, 0.25) is 11.8 Å². The number of amides is 4. The van der Waals surface area contributed by atoms with Crippen LogP contribution >= 0.6 is 0 Å². The molecule has 7 rings (SSSR count). The van der Waals surface area contributed by atoms with Crippen molar-refractivity contribution in [2.24, 2.45) is 0 Å². The quantitative estimate of drug-likeness (QED) is 0.0453. The molecule has 1 aromatic heterocycles. The zero-order valence-electron chi connectivity index (χ0n) is 39.8. The average Bonchev–Trinajstić information content (AvgIpc) is 3.77. The van der Waals surface area contributed by atoms with E-state index in [-0.39, 0.29) is 29.8 Å². The second-order valence-electron chi connectivity index (χ2n) is 17.1. The van der Waals surface area contributed by atoms with Crippen molar-refractivity contribution in [3.63, 3.8) is 0 Å². The minimum Gasteiger partial charge on any atom is -0.382 e. The molecule has 4 aromatic rings. The van der Waals surface area contributed by atoms with Crippen LogP contribution in [0.3, 0.4) is 0 Å². The molecule has 18 nitrogen and oxygen atoms in total. The molecule has 1 aliphatic carbocycles. The lowest BCUT2D eigenvalue weighted by molar-refractivity contribution is -0.136. The van der Waals surface area contributed by atoms with Crippen molar-refractivity contribution in [3.8, 4) is 11.3 Å². The predicted molar refractivity (Wildman–Crippen MR) is 255 cm³/mol. The van der Waals surface area contributed by atoms with Crippen molar-refractivity contribution in [2.45, 2.75) is 44.7 Å². The van der Waals surface area contributed by atoms with Crippen LogP contribution in [0.5, 0.6) is 0 Å². The Hall–Kier alpha value is -5.48. The largest absolute Gasteiger partial charge is 0.382 e. The molecule has 2 aliphatic heterocycles. The van der Waals surface area contributed by atoms with Gasteiger partial charge in [-0.1, -0.05) is 30.3 Å². The molecule has 1 atom stereocenters. The van der Waals surface area contributed by atoms with E-state index < -0.39 is 35.5 Å². The van der Waals surface area contributed by atoms with Crippen molar-refractivity contribution in [1.82, 2.24) is 20.1 Å². The number of halogens is 1. The first-order valence-corrected chi connectivity index (χ1v) is 24.0. The summed E-state index contributed by atoms with van der Waals surface area (Å²) in [5.74, 6) is -2.58. The lowest BCUT2D eigenvalue weighted by Crippen LogP contribution is -2.54. The van der Waals surface area contributed by atoms with Gasteiger partial charge in [-0.15, -0.1) is 0 Å². The average molecular weight is 974 g/mol. The van der Waals surface area contributed by atoms with Gasteiger partial charge < -0.3 is 48.2 Å². The van der Waals surface area contributed by atoms with E-state index in [0.29, 0.717) is 135 Å². The van der Waals surface area contributed by atoms with Gasteiger partial charge in [0.25, 0.3) is 11.8 Å². The van der Waals surface area contributed by atoms with Gasteiger partial charge in [0.1, 0.15) is 11.9 Å². The number of rotatable bonds is 32. The van der Waals surface area contributed by atoms with Crippen LogP contribution < -0.4 is 10.6 Å². The molecule has 0 saturated carbocycles. The van der Waals surface area contributed by atoms with Gasteiger partial charge in [-0.2, -0.15) is 0 Å². The van der Waals surface area contributed by atoms with E-state index in [9.17, 15) is 28.4 Å². The highest BCUT2D eigenvalue weighted by atomic mass is 19.1. The molecule has 3 aromatic carbocycles. The molecule has 1 saturated heterocycles. The second kappa shape index (κ2) is 27.2. The number of nitrogens with zero attached hydrogens (tertiary/aromatic N) is 2. The van der Waals surface area contributed by atoms with Crippen LogP contribution in [-0.2, 0) is 60.4 Å². The van der Waals surface area contributed by atoms with Crippen LogP contribution in [0, 0.1) is 5.82 Å². The van der Waals surface area contributed by atoms with E-state index in [1.807, 2.05) is 0 Å². The van der Waals surface area contributed by atoms with Gasteiger partial charge >= 0.3 is 0 Å². The standard InChI is InChI=1S/C51H64FN5O13/c1-56(34-35-8-10-36(11-9-35)48-38-4-3-7-44(58)40-32-37(52)33-42(54-48)46(38)40)15-17-64-19-21-66-23-25-68-27-29-70-31-30-69-28-26-67-24-22-65-20-18-63-16-14-53-41-6-2-5-39-47(41)51(62)57(50(39)61)43-12-13-45(59)55-49(43)60/h2,5-6,8-11,32-33,43,53-54H,3-4,7,12-31,34H2,1H3,(H,55,59,60). The summed E-state index contributed by atoms with van der Waals surface area (Å²) in [5, 5.41) is 6.20. The number of piperidine rings is 1. The first kappa shape index (κ1) is 52.3. The van der Waals surface area contributed by atoms with Crippen LogP contribution in [0.15, 0.2) is 54.6 Å². The van der Waals surface area contributed by atoms with Crippen LogP contribution in [-0.4, -0.2) is 176 Å². The van der Waals surface area contributed by atoms with E-state index in [2.05, 4.69) is 51.8 Å². The van der Waals surface area contributed by atoms with Crippen LogP contribution in [0.25, 0.3) is 22.2 Å². The fraction of sp³-hybridized carbons (Fsp3) is 0.510. The summed E-state index contributed by atoms with van der Waals surface area (Å²) in [7, 11) is 2.06. The summed E-state index contributed by atoms with van der Waals surface area (Å²) in [5.41, 5.74) is 6.29. The third kappa shape index (κ3) is 14.6. The number of H-pyrrole nitrogens is 1. The summed E-state index contributed by atoms with van der Waals surface area (Å²) >= 11 is 0. The maximum atomic E-state index is 14.3. The van der Waals surface area contributed by atoms with Crippen molar-refractivity contribution in [1.29, 1.82) is 0 Å². The second-order valence-corrected chi connectivity index (χ2v) is 17.1. The van der Waals surface area contributed by atoms with E-state index >= 15 is 0 Å². The number of ether oxygens (including phenoxy) is 8. The molecule has 3 heterocycles. The first-order valence-electron chi connectivity index (χ1n) is 24.0. The molecule has 3 aliphatic rings. The van der Waals surface area contributed by atoms with E-state index in [1.165, 1.54) is 17.7 Å². The van der Waals surface area contributed by atoms with Gasteiger partial charge in [-0.05, 0) is 67.3 Å². The summed E-state index contributed by atoms with van der Waals surface area (Å²) < 4.78 is 59.0. The molecule has 0 bridgehead atoms. The van der Waals surface area contributed by atoms with E-state index in [1.54, 1.807) is 18.2 Å². The number of Topliss-reactive ketones (excluding diaryl/α,β-unsaturated/α-hetero) is 1. The fourth-order valence-corrected chi connectivity index (χ4v) is 8.59. The van der Waals surface area contributed by atoms with Gasteiger partial charge in [-0.25, -0.2) is 4.39 Å². The molecule has 378 valence electrons. The zero-order valence-corrected chi connectivity index (χ0v) is 39.8. The molecule has 0 spiro atoms. The number of benzene rings is 3. The normalized spacial score (nSPS) is 15.9. The third-order valence-corrected chi connectivity index (χ3v) is 12.0. The molecule has 4 amide bonds. The smallest absolute Gasteiger partial charge is 0.264 e. The Morgan fingerprint density at radius 1 is 0.671 bits per heavy atom. The maximum Gasteiger partial charge on any atom is 0.264 e. The molecule has 3 N–H and O–H groups in total. The number of aromatic amines is 1.